The number of furan rings is 1. The van der Waals surface area contributed by atoms with E-state index in [0.29, 0.717) is 13.0 Å². The van der Waals surface area contributed by atoms with Gasteiger partial charge in [0.2, 0.25) is 0 Å². The molecule has 13 heavy (non-hydrogen) atoms. The van der Waals surface area contributed by atoms with Gasteiger partial charge in [-0.15, -0.1) is 0 Å². The summed E-state index contributed by atoms with van der Waals surface area (Å²) >= 11 is 0. The van der Waals surface area contributed by atoms with Crippen LogP contribution < -0.4 is 5.73 Å². The summed E-state index contributed by atoms with van der Waals surface area (Å²) in [6.45, 7) is 2.40. The van der Waals surface area contributed by atoms with Gasteiger partial charge in [-0.25, -0.2) is 0 Å². The van der Waals surface area contributed by atoms with Gasteiger partial charge in [-0.2, -0.15) is 0 Å². The van der Waals surface area contributed by atoms with Crippen LogP contribution in [0.15, 0.2) is 22.8 Å². The molecule has 0 radical (unpaired) electrons. The second-order valence-electron chi connectivity index (χ2n) is 3.06. The highest BCUT2D eigenvalue weighted by Gasteiger charge is 2.15. The third-order valence-electron chi connectivity index (χ3n) is 2.16. The van der Waals surface area contributed by atoms with Crippen molar-refractivity contribution < 1.29 is 9.21 Å². The summed E-state index contributed by atoms with van der Waals surface area (Å²) in [5, 5.41) is 0. The number of rotatable bonds is 5. The molecule has 0 fully saturated rings. The molecule has 0 aromatic carbocycles. The van der Waals surface area contributed by atoms with E-state index in [9.17, 15) is 4.79 Å². The first-order valence-corrected chi connectivity index (χ1v) is 4.53. The molecule has 0 saturated heterocycles. The van der Waals surface area contributed by atoms with E-state index in [1.54, 1.807) is 18.4 Å². The first kappa shape index (κ1) is 9.99. The van der Waals surface area contributed by atoms with Gasteiger partial charge in [0, 0.05) is 12.5 Å². The fourth-order valence-corrected chi connectivity index (χ4v) is 1.26. The lowest BCUT2D eigenvalue weighted by atomic mass is 9.98. The van der Waals surface area contributed by atoms with Gasteiger partial charge in [0.1, 0.15) is 11.5 Å². The summed E-state index contributed by atoms with van der Waals surface area (Å²) in [7, 11) is 0. The second-order valence-corrected chi connectivity index (χ2v) is 3.06. The predicted octanol–water partition coefficient (Wildman–Crippen LogP) is 1.38. The van der Waals surface area contributed by atoms with E-state index in [2.05, 4.69) is 0 Å². The lowest BCUT2D eigenvalue weighted by molar-refractivity contribution is -0.122. The van der Waals surface area contributed by atoms with Crippen LogP contribution >= 0.6 is 0 Å². The smallest absolute Gasteiger partial charge is 0.144 e. The first-order valence-electron chi connectivity index (χ1n) is 4.53. The van der Waals surface area contributed by atoms with Crippen LogP contribution in [-0.4, -0.2) is 12.3 Å². The molecule has 72 valence electrons. The van der Waals surface area contributed by atoms with Crippen molar-refractivity contribution in [2.45, 2.75) is 19.8 Å². The molecule has 1 unspecified atom stereocenters. The minimum atomic E-state index is -0.0231. The van der Waals surface area contributed by atoms with E-state index >= 15 is 0 Å². The molecule has 3 nitrogen and oxygen atoms in total. The monoisotopic (exact) mass is 181 g/mol. The van der Waals surface area contributed by atoms with Gasteiger partial charge in [-0.05, 0) is 18.6 Å². The maximum atomic E-state index is 11.5. The van der Waals surface area contributed by atoms with Gasteiger partial charge in [0.15, 0.2) is 0 Å². The Bertz CT molecular complexity index is 250. The SMILES string of the molecule is CCC(CN)C(=O)Cc1ccco1. The summed E-state index contributed by atoms with van der Waals surface area (Å²) in [6, 6.07) is 3.59. The van der Waals surface area contributed by atoms with E-state index in [4.69, 9.17) is 10.2 Å². The molecule has 0 saturated carbocycles. The Kier molecular flexibility index (Phi) is 3.71. The van der Waals surface area contributed by atoms with E-state index in [1.165, 1.54) is 0 Å². The first-order chi connectivity index (χ1) is 6.27. The zero-order chi connectivity index (χ0) is 9.68. The number of nitrogens with two attached hydrogens (primary N) is 1. The van der Waals surface area contributed by atoms with Crippen molar-refractivity contribution in [2.24, 2.45) is 11.7 Å². The summed E-state index contributed by atoms with van der Waals surface area (Å²) in [4.78, 5) is 11.5. The largest absolute Gasteiger partial charge is 0.469 e. The van der Waals surface area contributed by atoms with Gasteiger partial charge >= 0.3 is 0 Å². The number of Topliss-reactive ketones (excluding diaryl/α,β-unsaturated/α-hetero) is 1. The Morgan fingerprint density at radius 2 is 2.46 bits per heavy atom. The van der Waals surface area contributed by atoms with Crippen molar-refractivity contribution in [3.8, 4) is 0 Å². The second kappa shape index (κ2) is 4.82. The number of ketones is 1. The van der Waals surface area contributed by atoms with E-state index in [0.717, 1.165) is 12.2 Å². The van der Waals surface area contributed by atoms with E-state index in [-0.39, 0.29) is 11.7 Å². The van der Waals surface area contributed by atoms with Crippen LogP contribution in [0.3, 0.4) is 0 Å². The maximum Gasteiger partial charge on any atom is 0.144 e. The normalized spacial score (nSPS) is 12.8. The Hall–Kier alpha value is -1.09. The summed E-state index contributed by atoms with van der Waals surface area (Å²) < 4.78 is 5.08. The summed E-state index contributed by atoms with van der Waals surface area (Å²) in [5.74, 6) is 0.863. The van der Waals surface area contributed by atoms with Crippen molar-refractivity contribution in [1.82, 2.24) is 0 Å². The van der Waals surface area contributed by atoms with E-state index in [1.807, 2.05) is 6.92 Å². The highest BCUT2D eigenvalue weighted by atomic mass is 16.3. The van der Waals surface area contributed by atoms with Crippen LogP contribution in [0, 0.1) is 5.92 Å². The third kappa shape index (κ3) is 2.70. The van der Waals surface area contributed by atoms with Crippen LogP contribution in [0.2, 0.25) is 0 Å². The molecule has 0 amide bonds. The molecule has 3 heteroatoms. The lowest BCUT2D eigenvalue weighted by Gasteiger charge is -2.08. The molecule has 0 aliphatic rings. The van der Waals surface area contributed by atoms with Crippen molar-refractivity contribution in [2.75, 3.05) is 6.54 Å². The third-order valence-corrected chi connectivity index (χ3v) is 2.16. The average molecular weight is 181 g/mol. The Labute approximate surface area is 77.9 Å². The molecular formula is C10H15NO2. The maximum absolute atomic E-state index is 11.5. The highest BCUT2D eigenvalue weighted by molar-refractivity contribution is 5.82. The fraction of sp³-hybridized carbons (Fsp3) is 0.500. The Balaban J connectivity index is 2.49. The minimum absolute atomic E-state index is 0.0231. The molecular weight excluding hydrogens is 166 g/mol. The molecule has 1 aromatic heterocycles. The molecule has 1 heterocycles. The van der Waals surface area contributed by atoms with Crippen LogP contribution in [-0.2, 0) is 11.2 Å². The number of hydrogen-bond acceptors (Lipinski definition) is 3. The van der Waals surface area contributed by atoms with Crippen molar-refractivity contribution in [3.63, 3.8) is 0 Å². The van der Waals surface area contributed by atoms with E-state index < -0.39 is 0 Å². The van der Waals surface area contributed by atoms with Crippen molar-refractivity contribution >= 4 is 5.78 Å². The molecule has 0 spiro atoms. The van der Waals surface area contributed by atoms with Gasteiger partial charge in [-0.3, -0.25) is 4.79 Å². The Morgan fingerprint density at radius 1 is 1.69 bits per heavy atom. The zero-order valence-corrected chi connectivity index (χ0v) is 7.82. The van der Waals surface area contributed by atoms with Crippen LogP contribution in [0.25, 0.3) is 0 Å². The van der Waals surface area contributed by atoms with Gasteiger partial charge in [0.05, 0.1) is 12.7 Å². The average Bonchev–Trinajstić information content (AvgIpc) is 2.59. The molecule has 0 bridgehead atoms. The van der Waals surface area contributed by atoms with Gasteiger partial charge in [0.25, 0.3) is 0 Å². The standard InChI is InChI=1S/C10H15NO2/c1-2-8(7-11)10(12)6-9-4-3-5-13-9/h3-5,8H,2,6-7,11H2,1H3. The number of carbonyl (C=O) groups is 1. The molecule has 1 rings (SSSR count). The summed E-state index contributed by atoms with van der Waals surface area (Å²) in [6.07, 6.45) is 2.74. The zero-order valence-electron chi connectivity index (χ0n) is 7.82. The molecule has 1 aromatic rings. The molecule has 0 aliphatic carbocycles. The van der Waals surface area contributed by atoms with Gasteiger partial charge < -0.3 is 10.2 Å². The Morgan fingerprint density at radius 3 is 2.92 bits per heavy atom. The molecule has 2 N–H and O–H groups in total. The summed E-state index contributed by atoms with van der Waals surface area (Å²) in [5.41, 5.74) is 5.46. The molecule has 1 atom stereocenters. The highest BCUT2D eigenvalue weighted by Crippen LogP contribution is 2.08. The van der Waals surface area contributed by atoms with Crippen LogP contribution in [0.1, 0.15) is 19.1 Å². The van der Waals surface area contributed by atoms with Crippen molar-refractivity contribution in [3.05, 3.63) is 24.2 Å². The topological polar surface area (TPSA) is 56.2 Å². The van der Waals surface area contributed by atoms with Gasteiger partial charge in [-0.1, -0.05) is 6.92 Å². The van der Waals surface area contributed by atoms with Crippen LogP contribution in [0.5, 0.6) is 0 Å². The number of carbonyl (C=O) groups excluding carboxylic acids is 1. The lowest BCUT2D eigenvalue weighted by Crippen LogP contribution is -2.24. The quantitative estimate of drug-likeness (QED) is 0.746. The van der Waals surface area contributed by atoms with Crippen molar-refractivity contribution in [1.29, 1.82) is 0 Å². The predicted molar refractivity (Wildman–Crippen MR) is 50.3 cm³/mol. The minimum Gasteiger partial charge on any atom is -0.469 e. The molecule has 0 aliphatic heterocycles. The number of hydrogen-bond donors (Lipinski definition) is 1. The van der Waals surface area contributed by atoms with Crippen LogP contribution in [0.4, 0.5) is 0 Å². The fourth-order valence-electron chi connectivity index (χ4n) is 1.26.